The van der Waals surface area contributed by atoms with Crippen molar-refractivity contribution in [3.8, 4) is 0 Å². The van der Waals surface area contributed by atoms with Gasteiger partial charge < -0.3 is 14.6 Å². The number of carboxylic acid groups (broad SMARTS) is 1. The van der Waals surface area contributed by atoms with E-state index in [0.717, 1.165) is 32.1 Å². The summed E-state index contributed by atoms with van der Waals surface area (Å²) in [4.78, 5) is 29.3. The number of hydrogen-bond acceptors (Lipinski definition) is 3. The van der Waals surface area contributed by atoms with Crippen molar-refractivity contribution in [3.05, 3.63) is 18.2 Å². The first-order chi connectivity index (χ1) is 9.44. The van der Waals surface area contributed by atoms with Crippen LogP contribution in [0.25, 0.3) is 0 Å². The van der Waals surface area contributed by atoms with Crippen molar-refractivity contribution in [1.82, 2.24) is 14.5 Å². The minimum absolute atomic E-state index is 0.00206. The van der Waals surface area contributed by atoms with Crippen molar-refractivity contribution in [2.24, 2.45) is 7.05 Å². The SMILES string of the molecule is CN(C(=O)c1cn(C)cn1)C1(CC(=O)O)CCCCC1. The molecule has 6 heteroatoms. The van der Waals surface area contributed by atoms with Gasteiger partial charge in [-0.1, -0.05) is 19.3 Å². The molecule has 0 aliphatic heterocycles. The van der Waals surface area contributed by atoms with Gasteiger partial charge in [0.05, 0.1) is 18.3 Å². The Morgan fingerprint density at radius 2 is 2.05 bits per heavy atom. The molecular weight excluding hydrogens is 258 g/mol. The predicted molar refractivity (Wildman–Crippen MR) is 73.4 cm³/mol. The van der Waals surface area contributed by atoms with Crippen LogP contribution in [0.5, 0.6) is 0 Å². The van der Waals surface area contributed by atoms with E-state index in [-0.39, 0.29) is 12.3 Å². The van der Waals surface area contributed by atoms with E-state index in [9.17, 15) is 14.7 Å². The van der Waals surface area contributed by atoms with E-state index in [1.807, 2.05) is 0 Å². The molecule has 0 unspecified atom stereocenters. The van der Waals surface area contributed by atoms with Crippen LogP contribution in [0.3, 0.4) is 0 Å². The standard InChI is InChI=1S/C14H21N3O3/c1-16-9-11(15-10-16)13(20)17(2)14(8-12(18)19)6-4-3-5-7-14/h9-10H,3-8H2,1-2H3,(H,18,19). The van der Waals surface area contributed by atoms with Crippen molar-refractivity contribution < 1.29 is 14.7 Å². The highest BCUT2D eigenvalue weighted by molar-refractivity contribution is 5.92. The summed E-state index contributed by atoms with van der Waals surface area (Å²) in [6, 6.07) is 0. The van der Waals surface area contributed by atoms with Crippen LogP contribution in [0.2, 0.25) is 0 Å². The molecule has 1 amide bonds. The number of hydrogen-bond donors (Lipinski definition) is 1. The number of imidazole rings is 1. The van der Waals surface area contributed by atoms with Gasteiger partial charge in [-0.2, -0.15) is 0 Å². The number of aromatic nitrogens is 2. The normalized spacial score (nSPS) is 17.7. The van der Waals surface area contributed by atoms with Crippen LogP contribution < -0.4 is 0 Å². The zero-order valence-corrected chi connectivity index (χ0v) is 12.0. The van der Waals surface area contributed by atoms with E-state index in [1.54, 1.807) is 36.1 Å². The summed E-state index contributed by atoms with van der Waals surface area (Å²) >= 11 is 0. The van der Waals surface area contributed by atoms with Gasteiger partial charge in [-0.05, 0) is 12.8 Å². The highest BCUT2D eigenvalue weighted by Gasteiger charge is 2.41. The average molecular weight is 279 g/mol. The lowest BCUT2D eigenvalue weighted by molar-refractivity contribution is -0.140. The lowest BCUT2D eigenvalue weighted by atomic mass is 9.78. The highest BCUT2D eigenvalue weighted by Crippen LogP contribution is 2.36. The molecule has 1 fully saturated rings. The first-order valence-corrected chi connectivity index (χ1v) is 6.92. The molecule has 6 nitrogen and oxygen atoms in total. The largest absolute Gasteiger partial charge is 0.481 e. The van der Waals surface area contributed by atoms with Crippen molar-refractivity contribution in [3.63, 3.8) is 0 Å². The molecule has 1 aliphatic carbocycles. The Balaban J connectivity index is 2.23. The number of amides is 1. The molecule has 0 spiro atoms. The number of aryl methyl sites for hydroxylation is 1. The maximum absolute atomic E-state index is 12.5. The Kier molecular flexibility index (Phi) is 4.11. The maximum atomic E-state index is 12.5. The van der Waals surface area contributed by atoms with Crippen molar-refractivity contribution in [1.29, 1.82) is 0 Å². The van der Waals surface area contributed by atoms with Crippen molar-refractivity contribution >= 4 is 11.9 Å². The number of carbonyl (C=O) groups is 2. The number of rotatable bonds is 4. The number of carbonyl (C=O) groups excluding carboxylic acids is 1. The summed E-state index contributed by atoms with van der Waals surface area (Å²) in [5.41, 5.74) is -0.205. The van der Waals surface area contributed by atoms with Crippen LogP contribution in [0.15, 0.2) is 12.5 Å². The lowest BCUT2D eigenvalue weighted by Crippen LogP contribution is -2.52. The summed E-state index contributed by atoms with van der Waals surface area (Å²) in [5.74, 6) is -1.05. The van der Waals surface area contributed by atoms with Gasteiger partial charge in [-0.15, -0.1) is 0 Å². The molecule has 1 heterocycles. The van der Waals surface area contributed by atoms with E-state index in [2.05, 4.69) is 4.98 Å². The zero-order chi connectivity index (χ0) is 14.8. The summed E-state index contributed by atoms with van der Waals surface area (Å²) in [6.07, 6.45) is 7.76. The van der Waals surface area contributed by atoms with Gasteiger partial charge in [-0.25, -0.2) is 4.98 Å². The van der Waals surface area contributed by atoms with E-state index < -0.39 is 11.5 Å². The minimum Gasteiger partial charge on any atom is -0.481 e. The summed E-state index contributed by atoms with van der Waals surface area (Å²) in [5, 5.41) is 9.18. The van der Waals surface area contributed by atoms with Crippen LogP contribution in [0, 0.1) is 0 Å². The fourth-order valence-corrected chi connectivity index (χ4v) is 3.03. The fraction of sp³-hybridized carbons (Fsp3) is 0.643. The summed E-state index contributed by atoms with van der Waals surface area (Å²) < 4.78 is 1.71. The lowest BCUT2D eigenvalue weighted by Gasteiger charge is -2.43. The monoisotopic (exact) mass is 279 g/mol. The molecule has 1 N–H and O–H groups in total. The fourth-order valence-electron chi connectivity index (χ4n) is 3.03. The molecule has 0 saturated heterocycles. The first kappa shape index (κ1) is 14.6. The zero-order valence-electron chi connectivity index (χ0n) is 12.0. The Hall–Kier alpha value is -1.85. The van der Waals surface area contributed by atoms with Gasteiger partial charge in [0.25, 0.3) is 5.91 Å². The molecule has 2 rings (SSSR count). The van der Waals surface area contributed by atoms with Crippen LogP contribution in [-0.2, 0) is 11.8 Å². The molecule has 20 heavy (non-hydrogen) atoms. The van der Waals surface area contributed by atoms with Gasteiger partial charge in [0.15, 0.2) is 0 Å². The van der Waals surface area contributed by atoms with Crippen LogP contribution in [0.4, 0.5) is 0 Å². The maximum Gasteiger partial charge on any atom is 0.305 e. The second kappa shape index (κ2) is 5.64. The molecule has 1 aromatic heterocycles. The molecule has 0 bridgehead atoms. The van der Waals surface area contributed by atoms with Gasteiger partial charge >= 0.3 is 5.97 Å². The van der Waals surface area contributed by atoms with Crippen LogP contribution in [0.1, 0.15) is 49.0 Å². The van der Waals surface area contributed by atoms with Gasteiger partial charge in [0, 0.05) is 20.3 Å². The molecule has 1 aliphatic rings. The van der Waals surface area contributed by atoms with E-state index in [4.69, 9.17) is 0 Å². The average Bonchev–Trinajstić information content (AvgIpc) is 2.84. The molecule has 1 saturated carbocycles. The third-order valence-corrected chi connectivity index (χ3v) is 4.20. The van der Waals surface area contributed by atoms with Gasteiger partial charge in [-0.3, -0.25) is 9.59 Å². The van der Waals surface area contributed by atoms with E-state index in [1.165, 1.54) is 0 Å². The van der Waals surface area contributed by atoms with E-state index >= 15 is 0 Å². The van der Waals surface area contributed by atoms with Crippen LogP contribution in [-0.4, -0.2) is 44.0 Å². The number of aliphatic carboxylic acids is 1. The topological polar surface area (TPSA) is 75.4 Å². The Bertz CT molecular complexity index is 504. The molecule has 1 aromatic rings. The molecule has 0 atom stereocenters. The Labute approximate surface area is 118 Å². The Morgan fingerprint density at radius 3 is 2.55 bits per heavy atom. The second-order valence-corrected chi connectivity index (χ2v) is 5.64. The summed E-state index contributed by atoms with van der Waals surface area (Å²) in [6.45, 7) is 0. The third-order valence-electron chi connectivity index (χ3n) is 4.20. The first-order valence-electron chi connectivity index (χ1n) is 6.92. The van der Waals surface area contributed by atoms with Crippen molar-refractivity contribution in [2.45, 2.75) is 44.1 Å². The molecular formula is C14H21N3O3. The van der Waals surface area contributed by atoms with Crippen molar-refractivity contribution in [2.75, 3.05) is 7.05 Å². The smallest absolute Gasteiger partial charge is 0.305 e. The quantitative estimate of drug-likeness (QED) is 0.909. The van der Waals surface area contributed by atoms with Gasteiger partial charge in [0.2, 0.25) is 0 Å². The van der Waals surface area contributed by atoms with E-state index in [0.29, 0.717) is 5.69 Å². The van der Waals surface area contributed by atoms with Gasteiger partial charge in [0.1, 0.15) is 5.69 Å². The number of carboxylic acids is 1. The second-order valence-electron chi connectivity index (χ2n) is 5.64. The Morgan fingerprint density at radius 1 is 1.40 bits per heavy atom. The molecule has 0 radical (unpaired) electrons. The summed E-state index contributed by atoms with van der Waals surface area (Å²) in [7, 11) is 3.50. The highest BCUT2D eigenvalue weighted by atomic mass is 16.4. The minimum atomic E-state index is -0.854. The molecule has 0 aromatic carbocycles. The number of nitrogens with zero attached hydrogens (tertiary/aromatic N) is 3. The third kappa shape index (κ3) is 2.84. The van der Waals surface area contributed by atoms with Crippen LogP contribution >= 0.6 is 0 Å². The molecule has 110 valence electrons. The predicted octanol–water partition coefficient (Wildman–Crippen LogP) is 1.67.